The van der Waals surface area contributed by atoms with Crippen molar-refractivity contribution in [2.75, 3.05) is 26.2 Å². The Labute approximate surface area is 126 Å². The Hall–Kier alpha value is -1.36. The van der Waals surface area contributed by atoms with E-state index in [1.807, 2.05) is 16.9 Å². The molecule has 2 aliphatic heterocycles. The predicted molar refractivity (Wildman–Crippen MR) is 81.9 cm³/mol. The number of nitrogens with zero attached hydrogens (tertiary/aromatic N) is 3. The van der Waals surface area contributed by atoms with Crippen LogP contribution in [-0.4, -0.2) is 46.8 Å². The lowest BCUT2D eigenvalue weighted by molar-refractivity contribution is -0.144. The van der Waals surface area contributed by atoms with Gasteiger partial charge in [-0.2, -0.15) is 5.10 Å². The molecule has 0 radical (unpaired) electrons. The number of piperidine rings is 2. The molecule has 5 nitrogen and oxygen atoms in total. The molecular formula is C16H26N4O. The monoisotopic (exact) mass is 290 g/mol. The molecule has 1 amide bonds. The lowest BCUT2D eigenvalue weighted by Gasteiger charge is -2.42. The molecule has 1 aromatic heterocycles. The summed E-state index contributed by atoms with van der Waals surface area (Å²) in [5, 5.41) is 7.76. The summed E-state index contributed by atoms with van der Waals surface area (Å²) < 4.78 is 1.90. The molecule has 3 heterocycles. The largest absolute Gasteiger partial charge is 0.341 e. The number of amides is 1. The summed E-state index contributed by atoms with van der Waals surface area (Å²) >= 11 is 0. The first-order valence-corrected chi connectivity index (χ1v) is 8.26. The van der Waals surface area contributed by atoms with Gasteiger partial charge in [-0.3, -0.25) is 9.48 Å². The molecule has 0 bridgehead atoms. The second-order valence-electron chi connectivity index (χ2n) is 6.38. The minimum Gasteiger partial charge on any atom is -0.341 e. The van der Waals surface area contributed by atoms with Crippen LogP contribution in [0.5, 0.6) is 0 Å². The van der Waals surface area contributed by atoms with Crippen LogP contribution in [0.1, 0.15) is 39.0 Å². The van der Waals surface area contributed by atoms with Crippen LogP contribution in [-0.2, 0) is 10.3 Å². The molecule has 0 aliphatic carbocycles. The van der Waals surface area contributed by atoms with Crippen LogP contribution in [0.4, 0.5) is 0 Å². The molecule has 21 heavy (non-hydrogen) atoms. The fourth-order valence-corrected chi connectivity index (χ4v) is 3.74. The third kappa shape index (κ3) is 2.71. The highest BCUT2D eigenvalue weighted by molar-refractivity contribution is 5.84. The van der Waals surface area contributed by atoms with E-state index in [9.17, 15) is 4.79 Å². The number of aromatic nitrogens is 2. The highest BCUT2D eigenvalue weighted by Gasteiger charge is 2.44. The Balaban J connectivity index is 1.79. The molecule has 0 aromatic carbocycles. The molecule has 2 saturated heterocycles. The normalized spacial score (nSPS) is 23.2. The minimum atomic E-state index is -0.464. The van der Waals surface area contributed by atoms with E-state index in [0.717, 1.165) is 57.8 Å². The van der Waals surface area contributed by atoms with E-state index in [0.29, 0.717) is 0 Å². The van der Waals surface area contributed by atoms with E-state index in [-0.39, 0.29) is 5.91 Å². The molecule has 3 rings (SSSR count). The van der Waals surface area contributed by atoms with Gasteiger partial charge in [0, 0.05) is 25.5 Å². The third-order valence-corrected chi connectivity index (χ3v) is 5.25. The lowest BCUT2D eigenvalue weighted by Crippen LogP contribution is -2.57. The van der Waals surface area contributed by atoms with Gasteiger partial charge in [0.15, 0.2) is 0 Å². The molecule has 0 spiro atoms. The number of rotatable bonds is 3. The molecule has 0 atom stereocenters. The average Bonchev–Trinajstić information content (AvgIpc) is 3.10. The molecule has 0 unspecified atom stereocenters. The van der Waals surface area contributed by atoms with Gasteiger partial charge in [-0.1, -0.05) is 13.3 Å². The topological polar surface area (TPSA) is 50.2 Å². The van der Waals surface area contributed by atoms with Gasteiger partial charge >= 0.3 is 0 Å². The smallest absolute Gasteiger partial charge is 0.250 e. The van der Waals surface area contributed by atoms with Gasteiger partial charge in [0.05, 0.1) is 0 Å². The minimum absolute atomic E-state index is 0.280. The van der Waals surface area contributed by atoms with Crippen LogP contribution < -0.4 is 5.32 Å². The maximum Gasteiger partial charge on any atom is 0.250 e. The number of likely N-dealkylation sites (tertiary alicyclic amines) is 1. The summed E-state index contributed by atoms with van der Waals surface area (Å²) in [5.41, 5.74) is -0.464. The molecule has 1 aromatic rings. The van der Waals surface area contributed by atoms with Crippen LogP contribution in [0.3, 0.4) is 0 Å². The standard InChI is InChI=1S/C16H26N4O/c1-2-14-4-12-19(13-5-14)15(21)16(6-9-17-10-7-16)20-11-3-8-18-20/h3,8,11,14,17H,2,4-7,9-10,12-13H2,1H3. The van der Waals surface area contributed by atoms with E-state index in [1.54, 1.807) is 6.20 Å². The molecule has 1 N–H and O–H groups in total. The van der Waals surface area contributed by atoms with Crippen molar-refractivity contribution in [1.29, 1.82) is 0 Å². The first-order chi connectivity index (χ1) is 10.3. The first-order valence-electron chi connectivity index (χ1n) is 8.26. The summed E-state index contributed by atoms with van der Waals surface area (Å²) in [6.45, 7) is 5.84. The number of carbonyl (C=O) groups is 1. The van der Waals surface area contributed by atoms with Gasteiger partial charge in [-0.25, -0.2) is 0 Å². The quantitative estimate of drug-likeness (QED) is 0.920. The maximum atomic E-state index is 13.2. The maximum absolute atomic E-state index is 13.2. The second-order valence-corrected chi connectivity index (χ2v) is 6.38. The number of nitrogens with one attached hydrogen (secondary N) is 1. The van der Waals surface area contributed by atoms with Gasteiger partial charge in [0.25, 0.3) is 5.91 Å². The van der Waals surface area contributed by atoms with E-state index >= 15 is 0 Å². The van der Waals surface area contributed by atoms with E-state index in [2.05, 4.69) is 22.2 Å². The van der Waals surface area contributed by atoms with Crippen molar-refractivity contribution in [2.45, 2.75) is 44.6 Å². The molecule has 2 fully saturated rings. The van der Waals surface area contributed by atoms with Gasteiger partial charge < -0.3 is 10.2 Å². The van der Waals surface area contributed by atoms with Crippen molar-refractivity contribution in [3.8, 4) is 0 Å². The zero-order chi connectivity index (χ0) is 14.7. The zero-order valence-corrected chi connectivity index (χ0v) is 12.9. The number of hydrogen-bond donors (Lipinski definition) is 1. The Morgan fingerprint density at radius 2 is 2.05 bits per heavy atom. The van der Waals surface area contributed by atoms with E-state index in [1.165, 1.54) is 6.42 Å². The summed E-state index contributed by atoms with van der Waals surface area (Å²) in [7, 11) is 0. The third-order valence-electron chi connectivity index (χ3n) is 5.25. The van der Waals surface area contributed by atoms with Crippen LogP contribution in [0.25, 0.3) is 0 Å². The molecule has 0 saturated carbocycles. The average molecular weight is 290 g/mol. The Morgan fingerprint density at radius 1 is 1.33 bits per heavy atom. The molecule has 5 heteroatoms. The van der Waals surface area contributed by atoms with Gasteiger partial charge in [-0.05, 0) is 50.8 Å². The highest BCUT2D eigenvalue weighted by atomic mass is 16.2. The van der Waals surface area contributed by atoms with Crippen molar-refractivity contribution < 1.29 is 4.79 Å². The number of hydrogen-bond acceptors (Lipinski definition) is 3. The Morgan fingerprint density at radius 3 is 2.62 bits per heavy atom. The lowest BCUT2D eigenvalue weighted by atomic mass is 9.85. The predicted octanol–water partition coefficient (Wildman–Crippen LogP) is 1.61. The first kappa shape index (κ1) is 14.6. The summed E-state index contributed by atoms with van der Waals surface area (Å²) in [6.07, 6.45) is 8.92. The summed E-state index contributed by atoms with van der Waals surface area (Å²) in [4.78, 5) is 15.3. The fourth-order valence-electron chi connectivity index (χ4n) is 3.74. The number of carbonyl (C=O) groups excluding carboxylic acids is 1. The summed E-state index contributed by atoms with van der Waals surface area (Å²) in [5.74, 6) is 1.07. The zero-order valence-electron chi connectivity index (χ0n) is 12.9. The highest BCUT2D eigenvalue weighted by Crippen LogP contribution is 2.31. The van der Waals surface area contributed by atoms with Crippen LogP contribution in [0.15, 0.2) is 18.5 Å². The van der Waals surface area contributed by atoms with E-state index in [4.69, 9.17) is 0 Å². The van der Waals surface area contributed by atoms with Gasteiger partial charge in [0.1, 0.15) is 5.54 Å². The van der Waals surface area contributed by atoms with Crippen molar-refractivity contribution in [3.63, 3.8) is 0 Å². The van der Waals surface area contributed by atoms with Crippen LogP contribution in [0.2, 0.25) is 0 Å². The Bertz CT molecular complexity index is 457. The van der Waals surface area contributed by atoms with Crippen molar-refractivity contribution in [3.05, 3.63) is 18.5 Å². The van der Waals surface area contributed by atoms with Gasteiger partial charge in [0.2, 0.25) is 0 Å². The molecular weight excluding hydrogens is 264 g/mol. The molecule has 2 aliphatic rings. The SMILES string of the molecule is CCC1CCN(C(=O)C2(n3cccn3)CCNCC2)CC1. The summed E-state index contributed by atoms with van der Waals surface area (Å²) in [6, 6.07) is 1.92. The van der Waals surface area contributed by atoms with Crippen LogP contribution in [0, 0.1) is 5.92 Å². The van der Waals surface area contributed by atoms with Gasteiger partial charge in [-0.15, -0.1) is 0 Å². The van der Waals surface area contributed by atoms with E-state index < -0.39 is 5.54 Å². The van der Waals surface area contributed by atoms with Crippen molar-refractivity contribution >= 4 is 5.91 Å². The molecule has 116 valence electrons. The van der Waals surface area contributed by atoms with Crippen molar-refractivity contribution in [2.24, 2.45) is 5.92 Å². The fraction of sp³-hybridized carbons (Fsp3) is 0.750. The second kappa shape index (κ2) is 6.18. The Kier molecular flexibility index (Phi) is 4.29. The van der Waals surface area contributed by atoms with Crippen molar-refractivity contribution in [1.82, 2.24) is 20.0 Å². The van der Waals surface area contributed by atoms with Crippen LogP contribution >= 0.6 is 0 Å².